The number of amides is 1. The molecule has 1 amide bonds. The number of ether oxygens (including phenoxy) is 1. The van der Waals surface area contributed by atoms with E-state index in [0.29, 0.717) is 32.6 Å². The van der Waals surface area contributed by atoms with E-state index in [-0.39, 0.29) is 11.5 Å². The molecule has 0 N–H and O–H groups in total. The van der Waals surface area contributed by atoms with Crippen molar-refractivity contribution >= 4 is 11.6 Å². The maximum Gasteiger partial charge on any atom is 0.268 e. The molecular weight excluding hydrogens is 320 g/mol. The van der Waals surface area contributed by atoms with Gasteiger partial charge in [-0.3, -0.25) is 9.59 Å². The minimum Gasteiger partial charge on any atom is -0.480 e. The summed E-state index contributed by atoms with van der Waals surface area (Å²) in [5, 5.41) is 4.06. The van der Waals surface area contributed by atoms with E-state index in [1.54, 1.807) is 19.3 Å². The fraction of sp³-hybridized carbons (Fsp3) is 0.389. The molecule has 0 unspecified atom stereocenters. The summed E-state index contributed by atoms with van der Waals surface area (Å²) < 4.78 is 7.11. The number of hydrogen-bond donors (Lipinski definition) is 0. The van der Waals surface area contributed by atoms with E-state index in [1.807, 2.05) is 29.2 Å². The normalized spacial score (nSPS) is 19.5. The maximum absolute atomic E-state index is 12.7. The molecule has 25 heavy (non-hydrogen) atoms. The molecule has 2 aliphatic heterocycles. The van der Waals surface area contributed by atoms with E-state index in [2.05, 4.69) is 10.00 Å². The van der Waals surface area contributed by atoms with E-state index in [4.69, 9.17) is 4.74 Å². The number of benzene rings is 1. The van der Waals surface area contributed by atoms with Crippen molar-refractivity contribution < 1.29 is 9.53 Å². The molecule has 130 valence electrons. The van der Waals surface area contributed by atoms with Gasteiger partial charge in [-0.1, -0.05) is 18.2 Å². The summed E-state index contributed by atoms with van der Waals surface area (Å²) in [4.78, 5) is 28.4. The van der Waals surface area contributed by atoms with Crippen LogP contribution in [0.5, 0.6) is 5.75 Å². The lowest BCUT2D eigenvalue weighted by Gasteiger charge is -2.36. The molecule has 0 bridgehead atoms. The van der Waals surface area contributed by atoms with Crippen LogP contribution in [0.25, 0.3) is 0 Å². The Labute approximate surface area is 145 Å². The summed E-state index contributed by atoms with van der Waals surface area (Å²) >= 11 is 0. The van der Waals surface area contributed by atoms with Crippen LogP contribution in [0.4, 0.5) is 5.69 Å². The summed E-state index contributed by atoms with van der Waals surface area (Å²) in [6.45, 7) is 2.59. The van der Waals surface area contributed by atoms with E-state index in [0.717, 1.165) is 17.0 Å². The summed E-state index contributed by atoms with van der Waals surface area (Å²) in [6, 6.07) is 9.38. The van der Waals surface area contributed by atoms with Gasteiger partial charge in [0.15, 0.2) is 6.10 Å². The van der Waals surface area contributed by atoms with Crippen molar-refractivity contribution in [2.45, 2.75) is 12.5 Å². The first-order valence-corrected chi connectivity index (χ1v) is 8.43. The second-order valence-corrected chi connectivity index (χ2v) is 6.41. The van der Waals surface area contributed by atoms with Gasteiger partial charge < -0.3 is 14.5 Å². The molecule has 1 atom stereocenters. The average Bonchev–Trinajstić information content (AvgIpc) is 3.08. The van der Waals surface area contributed by atoms with Crippen molar-refractivity contribution in [2.75, 3.05) is 31.1 Å². The largest absolute Gasteiger partial charge is 0.480 e. The van der Waals surface area contributed by atoms with Crippen LogP contribution < -0.4 is 15.2 Å². The zero-order valence-corrected chi connectivity index (χ0v) is 14.1. The van der Waals surface area contributed by atoms with Gasteiger partial charge in [-0.25, -0.2) is 4.68 Å². The van der Waals surface area contributed by atoms with Crippen LogP contribution in [0, 0.1) is 0 Å². The highest BCUT2D eigenvalue weighted by molar-refractivity contribution is 5.83. The van der Waals surface area contributed by atoms with E-state index in [9.17, 15) is 9.59 Å². The van der Waals surface area contributed by atoms with Gasteiger partial charge in [0, 0.05) is 45.7 Å². The summed E-state index contributed by atoms with van der Waals surface area (Å²) in [6.07, 6.45) is 1.90. The molecule has 1 aromatic carbocycles. The van der Waals surface area contributed by atoms with Crippen LogP contribution in [0.2, 0.25) is 0 Å². The third-order valence-electron chi connectivity index (χ3n) is 4.83. The van der Waals surface area contributed by atoms with Crippen molar-refractivity contribution in [3.8, 4) is 5.75 Å². The van der Waals surface area contributed by atoms with Crippen LogP contribution in [-0.2, 0) is 18.3 Å². The zero-order chi connectivity index (χ0) is 17.4. The van der Waals surface area contributed by atoms with Gasteiger partial charge in [0.05, 0.1) is 11.9 Å². The lowest BCUT2D eigenvalue weighted by atomic mass is 10.1. The maximum atomic E-state index is 12.7. The van der Waals surface area contributed by atoms with Crippen molar-refractivity contribution in [1.29, 1.82) is 0 Å². The Bertz CT molecular complexity index is 830. The number of aromatic nitrogens is 2. The minimum atomic E-state index is -0.422. The van der Waals surface area contributed by atoms with Crippen molar-refractivity contribution in [3.05, 3.63) is 52.4 Å². The molecule has 4 rings (SSSR count). The molecule has 1 saturated heterocycles. The number of hydrogen-bond acceptors (Lipinski definition) is 5. The molecule has 2 aliphatic rings. The third-order valence-corrected chi connectivity index (χ3v) is 4.83. The fourth-order valence-corrected chi connectivity index (χ4v) is 3.34. The topological polar surface area (TPSA) is 67.7 Å². The Morgan fingerprint density at radius 2 is 1.96 bits per heavy atom. The molecule has 2 aromatic rings. The summed E-state index contributed by atoms with van der Waals surface area (Å²) in [5.41, 5.74) is 1.76. The van der Waals surface area contributed by atoms with Crippen molar-refractivity contribution in [1.82, 2.24) is 14.7 Å². The number of piperazine rings is 1. The third kappa shape index (κ3) is 2.97. The fourth-order valence-electron chi connectivity index (χ4n) is 3.34. The predicted octanol–water partition coefficient (Wildman–Crippen LogP) is 0.433. The second kappa shape index (κ2) is 6.23. The molecule has 3 heterocycles. The zero-order valence-electron chi connectivity index (χ0n) is 14.1. The predicted molar refractivity (Wildman–Crippen MR) is 92.8 cm³/mol. The first-order chi connectivity index (χ1) is 12.1. The monoisotopic (exact) mass is 340 g/mol. The lowest BCUT2D eigenvalue weighted by Crippen LogP contribution is -2.52. The first-order valence-electron chi connectivity index (χ1n) is 8.43. The quantitative estimate of drug-likeness (QED) is 0.793. The van der Waals surface area contributed by atoms with Crippen LogP contribution >= 0.6 is 0 Å². The molecule has 0 aliphatic carbocycles. The number of fused-ring (bicyclic) bond motifs is 1. The lowest BCUT2D eigenvalue weighted by molar-refractivity contribution is -0.138. The highest BCUT2D eigenvalue weighted by Gasteiger charge is 2.33. The minimum absolute atomic E-state index is 0.0398. The van der Waals surface area contributed by atoms with Crippen LogP contribution in [-0.4, -0.2) is 52.9 Å². The highest BCUT2D eigenvalue weighted by Crippen LogP contribution is 2.29. The Balaban J connectivity index is 1.38. The van der Waals surface area contributed by atoms with Crippen molar-refractivity contribution in [3.63, 3.8) is 0 Å². The van der Waals surface area contributed by atoms with Gasteiger partial charge in [0.2, 0.25) is 0 Å². The van der Waals surface area contributed by atoms with Crippen molar-refractivity contribution in [2.24, 2.45) is 7.05 Å². The molecule has 1 fully saturated rings. The highest BCUT2D eigenvalue weighted by atomic mass is 16.5. The summed E-state index contributed by atoms with van der Waals surface area (Å²) in [5.74, 6) is 0.851. The number of anilines is 1. The van der Waals surface area contributed by atoms with E-state index in [1.165, 1.54) is 4.68 Å². The number of carbonyl (C=O) groups excluding carboxylic acids is 1. The Morgan fingerprint density at radius 3 is 2.68 bits per heavy atom. The van der Waals surface area contributed by atoms with Gasteiger partial charge >= 0.3 is 0 Å². The van der Waals surface area contributed by atoms with Gasteiger partial charge in [0.1, 0.15) is 5.75 Å². The molecule has 7 nitrogen and oxygen atoms in total. The van der Waals surface area contributed by atoms with Gasteiger partial charge in [-0.2, -0.15) is 5.10 Å². The smallest absolute Gasteiger partial charge is 0.268 e. The van der Waals surface area contributed by atoms with Crippen LogP contribution in [0.3, 0.4) is 0 Å². The van der Waals surface area contributed by atoms with Gasteiger partial charge in [-0.05, 0) is 11.6 Å². The molecule has 0 radical (unpaired) electrons. The van der Waals surface area contributed by atoms with Gasteiger partial charge in [0.25, 0.3) is 11.5 Å². The SMILES string of the molecule is Cn1ncc(N2CCN(C(=O)[C@H]3Cc4ccccc4O3)CC2)cc1=O. The first kappa shape index (κ1) is 15.7. The Hall–Kier alpha value is -2.83. The summed E-state index contributed by atoms with van der Waals surface area (Å²) in [7, 11) is 1.63. The number of aryl methyl sites for hydroxylation is 1. The number of carbonyl (C=O) groups is 1. The molecule has 7 heteroatoms. The molecule has 0 saturated carbocycles. The van der Waals surface area contributed by atoms with E-state index < -0.39 is 6.10 Å². The number of para-hydroxylation sites is 1. The van der Waals surface area contributed by atoms with E-state index >= 15 is 0 Å². The number of nitrogens with zero attached hydrogens (tertiary/aromatic N) is 4. The molecule has 0 spiro atoms. The van der Waals surface area contributed by atoms with Crippen LogP contribution in [0.1, 0.15) is 5.56 Å². The standard InChI is InChI=1S/C18H20N4O3/c1-20-17(23)11-14(12-19-20)21-6-8-22(9-7-21)18(24)16-10-13-4-2-3-5-15(13)25-16/h2-5,11-12,16H,6-10H2,1H3/t16-/m1/s1. The Morgan fingerprint density at radius 1 is 1.20 bits per heavy atom. The van der Waals surface area contributed by atoms with Gasteiger partial charge in [-0.15, -0.1) is 0 Å². The van der Waals surface area contributed by atoms with Crippen LogP contribution in [0.15, 0.2) is 41.3 Å². The second-order valence-electron chi connectivity index (χ2n) is 6.41. The average molecular weight is 340 g/mol. The molecule has 1 aromatic heterocycles. The Kier molecular flexibility index (Phi) is 3.91. The molecular formula is C18H20N4O3. The number of rotatable bonds is 2.